The number of hydrogen-bond donors (Lipinski definition) is 1. The van der Waals surface area contributed by atoms with Crippen LogP contribution >= 0.6 is 0 Å². The number of terminal acetylenes is 1. The van der Waals surface area contributed by atoms with E-state index in [2.05, 4.69) is 18.2 Å². The molecule has 1 amide bonds. The zero-order chi connectivity index (χ0) is 15.2. The van der Waals surface area contributed by atoms with Gasteiger partial charge in [0, 0.05) is 25.6 Å². The average Bonchev–Trinajstić information content (AvgIpc) is 2.35. The monoisotopic (exact) mass is 280 g/mol. The van der Waals surface area contributed by atoms with Gasteiger partial charge in [-0.3, -0.25) is 0 Å². The molecule has 0 aromatic carbocycles. The van der Waals surface area contributed by atoms with Crippen molar-refractivity contribution in [1.29, 1.82) is 0 Å². The van der Waals surface area contributed by atoms with Gasteiger partial charge in [-0.2, -0.15) is 0 Å². The third-order valence-electron chi connectivity index (χ3n) is 3.45. The predicted octanol–water partition coefficient (Wildman–Crippen LogP) is 2.63. The van der Waals surface area contributed by atoms with E-state index in [0.717, 1.165) is 38.9 Å². The van der Waals surface area contributed by atoms with Gasteiger partial charge >= 0.3 is 6.09 Å². The van der Waals surface area contributed by atoms with E-state index in [4.69, 9.17) is 11.2 Å². The molecule has 0 bridgehead atoms. The molecule has 0 aliphatic carbocycles. The van der Waals surface area contributed by atoms with E-state index >= 15 is 0 Å². The summed E-state index contributed by atoms with van der Waals surface area (Å²) in [6.07, 6.45) is 7.91. The minimum Gasteiger partial charge on any atom is -0.444 e. The van der Waals surface area contributed by atoms with Crippen molar-refractivity contribution in [3.05, 3.63) is 0 Å². The lowest BCUT2D eigenvalue weighted by molar-refractivity contribution is 0.0183. The molecule has 1 fully saturated rings. The molecule has 114 valence electrons. The lowest BCUT2D eigenvalue weighted by Crippen LogP contribution is -2.43. The Balaban J connectivity index is 2.26. The van der Waals surface area contributed by atoms with Crippen molar-refractivity contribution in [2.24, 2.45) is 5.92 Å². The van der Waals surface area contributed by atoms with E-state index in [1.54, 1.807) is 0 Å². The molecular weight excluding hydrogens is 252 g/mol. The van der Waals surface area contributed by atoms with Crippen LogP contribution in [0, 0.1) is 18.3 Å². The minimum atomic E-state index is -0.417. The van der Waals surface area contributed by atoms with Gasteiger partial charge in [0.05, 0.1) is 0 Å². The Labute approximate surface area is 123 Å². The number of likely N-dealkylation sites (tertiary alicyclic amines) is 1. The molecule has 0 spiro atoms. The van der Waals surface area contributed by atoms with Gasteiger partial charge in [0.15, 0.2) is 0 Å². The average molecular weight is 280 g/mol. The predicted molar refractivity (Wildman–Crippen MR) is 81.4 cm³/mol. The molecule has 0 aromatic rings. The lowest BCUT2D eigenvalue weighted by Gasteiger charge is -2.33. The van der Waals surface area contributed by atoms with Gasteiger partial charge in [0.1, 0.15) is 5.60 Å². The summed E-state index contributed by atoms with van der Waals surface area (Å²) in [6.45, 7) is 10.3. The summed E-state index contributed by atoms with van der Waals surface area (Å²) in [5.41, 5.74) is -0.417. The van der Waals surface area contributed by atoms with Gasteiger partial charge in [0.25, 0.3) is 0 Å². The Hall–Kier alpha value is -1.21. The molecule has 4 heteroatoms. The number of carbonyl (C=O) groups excluding carboxylic acids is 1. The number of ether oxygens (including phenoxy) is 1. The molecule has 1 aliphatic rings. The van der Waals surface area contributed by atoms with E-state index in [1.165, 1.54) is 0 Å². The van der Waals surface area contributed by atoms with Crippen molar-refractivity contribution < 1.29 is 9.53 Å². The van der Waals surface area contributed by atoms with Crippen molar-refractivity contribution in [1.82, 2.24) is 10.2 Å². The molecule has 4 nitrogen and oxygen atoms in total. The fraction of sp³-hybridized carbons (Fsp3) is 0.812. The van der Waals surface area contributed by atoms with Gasteiger partial charge < -0.3 is 15.0 Å². The number of amides is 1. The maximum Gasteiger partial charge on any atom is 0.410 e. The van der Waals surface area contributed by atoms with Crippen LogP contribution in [0.3, 0.4) is 0 Å². The number of nitrogens with zero attached hydrogens (tertiary/aromatic N) is 1. The first-order valence-electron chi connectivity index (χ1n) is 7.46. The summed E-state index contributed by atoms with van der Waals surface area (Å²) in [7, 11) is 0. The SMILES string of the molecule is C#CCC(C)NCC1CCN(C(=O)OC(C)(C)C)CC1. The second-order valence-corrected chi connectivity index (χ2v) is 6.63. The number of piperidine rings is 1. The highest BCUT2D eigenvalue weighted by Gasteiger charge is 2.26. The normalized spacial score (nSPS) is 18.4. The van der Waals surface area contributed by atoms with Crippen LogP contribution in [0.1, 0.15) is 47.0 Å². The fourth-order valence-corrected chi connectivity index (χ4v) is 2.26. The second kappa shape index (κ2) is 7.54. The third kappa shape index (κ3) is 6.29. The Morgan fingerprint density at radius 3 is 2.55 bits per heavy atom. The summed E-state index contributed by atoms with van der Waals surface area (Å²) in [6, 6.07) is 0.365. The molecule has 1 aliphatic heterocycles. The van der Waals surface area contributed by atoms with Crippen LogP contribution in [-0.4, -0.2) is 42.3 Å². The second-order valence-electron chi connectivity index (χ2n) is 6.63. The van der Waals surface area contributed by atoms with Gasteiger partial charge in [-0.05, 0) is 53.0 Å². The lowest BCUT2D eigenvalue weighted by atomic mass is 9.96. The molecular formula is C16H28N2O2. The van der Waals surface area contributed by atoms with E-state index < -0.39 is 5.60 Å². The molecule has 0 aromatic heterocycles. The highest BCUT2D eigenvalue weighted by atomic mass is 16.6. The molecule has 1 unspecified atom stereocenters. The van der Waals surface area contributed by atoms with E-state index in [-0.39, 0.29) is 6.09 Å². The standard InChI is InChI=1S/C16H28N2O2/c1-6-7-13(2)17-12-14-8-10-18(11-9-14)15(19)20-16(3,4)5/h1,13-14,17H,7-12H2,2-5H3. The van der Waals surface area contributed by atoms with Gasteiger partial charge in [-0.15, -0.1) is 12.3 Å². The van der Waals surface area contributed by atoms with Crippen LogP contribution in [0.4, 0.5) is 4.79 Å². The van der Waals surface area contributed by atoms with Crippen LogP contribution in [0.15, 0.2) is 0 Å². The molecule has 1 atom stereocenters. The molecule has 1 rings (SSSR count). The topological polar surface area (TPSA) is 41.6 Å². The van der Waals surface area contributed by atoms with Crippen LogP contribution in [0.2, 0.25) is 0 Å². The van der Waals surface area contributed by atoms with Crippen LogP contribution in [0.25, 0.3) is 0 Å². The Kier molecular flexibility index (Phi) is 6.35. The molecule has 1 N–H and O–H groups in total. The highest BCUT2D eigenvalue weighted by molar-refractivity contribution is 5.68. The first kappa shape index (κ1) is 16.8. The summed E-state index contributed by atoms with van der Waals surface area (Å²) in [4.78, 5) is 13.7. The summed E-state index contributed by atoms with van der Waals surface area (Å²) < 4.78 is 5.39. The molecule has 1 saturated heterocycles. The summed E-state index contributed by atoms with van der Waals surface area (Å²) in [5.74, 6) is 3.29. The van der Waals surface area contributed by atoms with Crippen LogP contribution < -0.4 is 5.32 Å². The van der Waals surface area contributed by atoms with E-state index in [9.17, 15) is 4.79 Å². The Morgan fingerprint density at radius 1 is 1.45 bits per heavy atom. The Bertz CT molecular complexity index is 346. The molecule has 0 saturated carbocycles. The molecule has 20 heavy (non-hydrogen) atoms. The number of hydrogen-bond acceptors (Lipinski definition) is 3. The fourth-order valence-electron chi connectivity index (χ4n) is 2.26. The van der Waals surface area contributed by atoms with Crippen molar-refractivity contribution in [3.63, 3.8) is 0 Å². The first-order valence-corrected chi connectivity index (χ1v) is 7.46. The van der Waals surface area contributed by atoms with E-state index in [0.29, 0.717) is 12.0 Å². The van der Waals surface area contributed by atoms with Crippen molar-refractivity contribution >= 4 is 6.09 Å². The summed E-state index contributed by atoms with van der Waals surface area (Å²) >= 11 is 0. The van der Waals surface area contributed by atoms with Crippen LogP contribution in [-0.2, 0) is 4.74 Å². The zero-order valence-electron chi connectivity index (χ0n) is 13.2. The van der Waals surface area contributed by atoms with Crippen LogP contribution in [0.5, 0.6) is 0 Å². The number of carbonyl (C=O) groups is 1. The maximum absolute atomic E-state index is 11.9. The van der Waals surface area contributed by atoms with Crippen molar-refractivity contribution in [3.8, 4) is 12.3 Å². The first-order chi connectivity index (χ1) is 9.31. The van der Waals surface area contributed by atoms with Gasteiger partial charge in [-0.1, -0.05) is 0 Å². The van der Waals surface area contributed by atoms with Crippen molar-refractivity contribution in [2.75, 3.05) is 19.6 Å². The maximum atomic E-state index is 11.9. The minimum absolute atomic E-state index is 0.190. The highest BCUT2D eigenvalue weighted by Crippen LogP contribution is 2.19. The molecule has 1 heterocycles. The summed E-state index contributed by atoms with van der Waals surface area (Å²) in [5, 5.41) is 3.46. The smallest absolute Gasteiger partial charge is 0.410 e. The number of rotatable bonds is 4. The largest absolute Gasteiger partial charge is 0.444 e. The van der Waals surface area contributed by atoms with Gasteiger partial charge in [0.2, 0.25) is 0 Å². The number of nitrogens with one attached hydrogen (secondary N) is 1. The third-order valence-corrected chi connectivity index (χ3v) is 3.45. The quantitative estimate of drug-likeness (QED) is 0.805. The van der Waals surface area contributed by atoms with Crippen molar-refractivity contribution in [2.45, 2.75) is 58.6 Å². The zero-order valence-corrected chi connectivity index (χ0v) is 13.2. The van der Waals surface area contributed by atoms with Gasteiger partial charge in [-0.25, -0.2) is 4.79 Å². The Morgan fingerprint density at radius 2 is 2.05 bits per heavy atom. The van der Waals surface area contributed by atoms with E-state index in [1.807, 2.05) is 25.7 Å². The molecule has 0 radical (unpaired) electrons.